The van der Waals surface area contributed by atoms with Crippen molar-refractivity contribution in [2.24, 2.45) is 5.73 Å². The molecule has 1 unspecified atom stereocenters. The zero-order valence-corrected chi connectivity index (χ0v) is 16.3. The van der Waals surface area contributed by atoms with Crippen LogP contribution in [0.25, 0.3) is 11.1 Å². The fourth-order valence-corrected chi connectivity index (χ4v) is 3.23. The molecular weight excluding hydrogens is 366 g/mol. The summed E-state index contributed by atoms with van der Waals surface area (Å²) < 4.78 is 5.92. The van der Waals surface area contributed by atoms with Crippen LogP contribution in [0.1, 0.15) is 28.3 Å². The van der Waals surface area contributed by atoms with Gasteiger partial charge < -0.3 is 20.7 Å². The van der Waals surface area contributed by atoms with Gasteiger partial charge in [0, 0.05) is 5.56 Å². The second-order valence-electron chi connectivity index (χ2n) is 7.03. The van der Waals surface area contributed by atoms with Crippen LogP contribution in [0.15, 0.2) is 66.7 Å². The van der Waals surface area contributed by atoms with E-state index in [1.807, 2.05) is 49.4 Å². The highest BCUT2D eigenvalue weighted by molar-refractivity contribution is 5.71. The highest BCUT2D eigenvalue weighted by Crippen LogP contribution is 2.28. The maximum Gasteiger partial charge on any atom is 0.307 e. The number of benzene rings is 3. The molecule has 0 aliphatic heterocycles. The topological polar surface area (TPSA) is 92.8 Å². The third-order valence-electron chi connectivity index (χ3n) is 4.83. The molecule has 4 N–H and O–H groups in total. The number of hydrogen-bond acceptors (Lipinski definition) is 4. The number of carboxylic acids is 1. The molecule has 3 aromatic carbocycles. The van der Waals surface area contributed by atoms with Crippen molar-refractivity contribution in [3.63, 3.8) is 0 Å². The van der Waals surface area contributed by atoms with E-state index < -0.39 is 12.0 Å². The molecule has 0 aliphatic carbocycles. The summed E-state index contributed by atoms with van der Waals surface area (Å²) in [6.45, 7) is 2.27. The third-order valence-corrected chi connectivity index (χ3v) is 4.83. The van der Waals surface area contributed by atoms with Crippen LogP contribution in [0.5, 0.6) is 5.75 Å². The average molecular weight is 391 g/mol. The van der Waals surface area contributed by atoms with Gasteiger partial charge in [-0.3, -0.25) is 4.79 Å². The Hall–Kier alpha value is -3.15. The zero-order chi connectivity index (χ0) is 20.8. The molecule has 0 saturated carbocycles. The summed E-state index contributed by atoms with van der Waals surface area (Å²) >= 11 is 0. The molecular formula is C24H25NO4. The van der Waals surface area contributed by atoms with Crippen LogP contribution in [-0.4, -0.2) is 22.8 Å². The summed E-state index contributed by atoms with van der Waals surface area (Å²) in [5.41, 5.74) is 11.7. The van der Waals surface area contributed by atoms with Gasteiger partial charge in [0.1, 0.15) is 12.4 Å². The second-order valence-corrected chi connectivity index (χ2v) is 7.03. The van der Waals surface area contributed by atoms with Gasteiger partial charge in [0.25, 0.3) is 0 Å². The smallest absolute Gasteiger partial charge is 0.307 e. The zero-order valence-electron chi connectivity index (χ0n) is 16.3. The molecule has 3 rings (SSSR count). The van der Waals surface area contributed by atoms with Crippen molar-refractivity contribution >= 4 is 5.97 Å². The molecule has 0 amide bonds. The molecule has 150 valence electrons. The van der Waals surface area contributed by atoms with Crippen LogP contribution >= 0.6 is 0 Å². The first-order chi connectivity index (χ1) is 14.0. The lowest BCUT2D eigenvalue weighted by Crippen LogP contribution is -2.14. The summed E-state index contributed by atoms with van der Waals surface area (Å²) in [6.07, 6.45) is -0.0762. The average Bonchev–Trinajstić information content (AvgIpc) is 2.73. The Morgan fingerprint density at radius 3 is 2.62 bits per heavy atom. The van der Waals surface area contributed by atoms with Gasteiger partial charge in [-0.15, -0.1) is 0 Å². The van der Waals surface area contributed by atoms with Crippen molar-refractivity contribution < 1.29 is 19.7 Å². The second kappa shape index (κ2) is 9.37. The number of ether oxygens (including phenoxy) is 1. The van der Waals surface area contributed by atoms with Gasteiger partial charge in [0.2, 0.25) is 0 Å². The van der Waals surface area contributed by atoms with E-state index in [0.29, 0.717) is 17.9 Å². The summed E-state index contributed by atoms with van der Waals surface area (Å²) in [6, 6.07) is 20.7. The molecule has 0 bridgehead atoms. The molecule has 0 fully saturated rings. The molecule has 0 spiro atoms. The van der Waals surface area contributed by atoms with E-state index in [0.717, 1.165) is 27.8 Å². The Morgan fingerprint density at radius 2 is 1.86 bits per heavy atom. The van der Waals surface area contributed by atoms with Gasteiger partial charge in [-0.05, 0) is 52.9 Å². The number of hydrogen-bond donors (Lipinski definition) is 3. The normalized spacial score (nSPS) is 11.8. The van der Waals surface area contributed by atoms with Gasteiger partial charge in [-0.2, -0.15) is 0 Å². The summed E-state index contributed by atoms with van der Waals surface area (Å²) in [5.74, 6) is -0.312. The predicted octanol–water partition coefficient (Wildman–Crippen LogP) is 3.86. The minimum atomic E-state index is -0.889. The SMILES string of the molecule is Cc1ccc(COc2ccccc2CC(=O)O)cc1-c1cccc(C(N)CO)c1. The van der Waals surface area contributed by atoms with E-state index in [1.165, 1.54) is 0 Å². The molecule has 0 heterocycles. The number of carbonyl (C=O) groups is 1. The number of nitrogens with two attached hydrogens (primary N) is 1. The van der Waals surface area contributed by atoms with Crippen LogP contribution < -0.4 is 10.5 Å². The van der Waals surface area contributed by atoms with E-state index in [-0.39, 0.29) is 13.0 Å². The lowest BCUT2D eigenvalue weighted by atomic mass is 9.95. The van der Waals surface area contributed by atoms with Crippen LogP contribution in [0.2, 0.25) is 0 Å². The lowest BCUT2D eigenvalue weighted by Gasteiger charge is -2.14. The van der Waals surface area contributed by atoms with Crippen molar-refractivity contribution in [3.05, 3.63) is 89.0 Å². The Balaban J connectivity index is 1.83. The number of carboxylic acid groups (broad SMARTS) is 1. The van der Waals surface area contributed by atoms with Crippen LogP contribution in [0, 0.1) is 6.92 Å². The number of para-hydroxylation sites is 1. The third kappa shape index (κ3) is 5.22. The Labute approximate surface area is 170 Å². The van der Waals surface area contributed by atoms with E-state index in [2.05, 4.69) is 6.07 Å². The van der Waals surface area contributed by atoms with Crippen LogP contribution in [0.4, 0.5) is 0 Å². The van der Waals surface area contributed by atoms with Crippen molar-refractivity contribution in [3.8, 4) is 16.9 Å². The first-order valence-electron chi connectivity index (χ1n) is 9.46. The molecule has 0 saturated heterocycles. The maximum atomic E-state index is 11.1. The van der Waals surface area contributed by atoms with E-state index in [1.54, 1.807) is 18.2 Å². The van der Waals surface area contributed by atoms with Crippen molar-refractivity contribution in [2.45, 2.75) is 26.0 Å². The van der Waals surface area contributed by atoms with Gasteiger partial charge in [-0.25, -0.2) is 0 Å². The van der Waals surface area contributed by atoms with Gasteiger partial charge in [-0.1, -0.05) is 48.5 Å². The van der Waals surface area contributed by atoms with E-state index >= 15 is 0 Å². The summed E-state index contributed by atoms with van der Waals surface area (Å²) in [5, 5.41) is 18.4. The molecule has 3 aromatic rings. The number of aliphatic carboxylic acids is 1. The largest absolute Gasteiger partial charge is 0.489 e. The number of aryl methyl sites for hydroxylation is 1. The highest BCUT2D eigenvalue weighted by Gasteiger charge is 2.10. The summed E-state index contributed by atoms with van der Waals surface area (Å²) in [7, 11) is 0. The highest BCUT2D eigenvalue weighted by atomic mass is 16.5. The standard InChI is InChI=1S/C24H25NO4/c1-16-9-10-17(15-29-23-8-3-2-5-20(23)13-24(27)28)11-21(16)18-6-4-7-19(12-18)22(25)14-26/h2-12,22,26H,13-15,25H2,1H3,(H,27,28). The molecule has 1 atom stereocenters. The Morgan fingerprint density at radius 1 is 1.07 bits per heavy atom. The van der Waals surface area contributed by atoms with Crippen molar-refractivity contribution in [1.82, 2.24) is 0 Å². The molecule has 5 nitrogen and oxygen atoms in total. The van der Waals surface area contributed by atoms with Gasteiger partial charge >= 0.3 is 5.97 Å². The first-order valence-corrected chi connectivity index (χ1v) is 9.46. The fourth-order valence-electron chi connectivity index (χ4n) is 3.23. The number of rotatable bonds is 8. The molecule has 0 aromatic heterocycles. The number of aliphatic hydroxyl groups is 1. The van der Waals surface area contributed by atoms with Crippen LogP contribution in [0.3, 0.4) is 0 Å². The van der Waals surface area contributed by atoms with E-state index in [4.69, 9.17) is 15.6 Å². The monoisotopic (exact) mass is 391 g/mol. The fraction of sp³-hybridized carbons (Fsp3) is 0.208. The Bertz CT molecular complexity index is 1000. The van der Waals surface area contributed by atoms with Crippen molar-refractivity contribution in [1.29, 1.82) is 0 Å². The summed E-state index contributed by atoms with van der Waals surface area (Å²) in [4.78, 5) is 11.1. The van der Waals surface area contributed by atoms with Gasteiger partial charge in [0.15, 0.2) is 0 Å². The molecule has 29 heavy (non-hydrogen) atoms. The molecule has 0 aliphatic rings. The minimum absolute atomic E-state index is 0.0762. The Kier molecular flexibility index (Phi) is 6.65. The van der Waals surface area contributed by atoms with Crippen molar-refractivity contribution in [2.75, 3.05) is 6.61 Å². The van der Waals surface area contributed by atoms with Gasteiger partial charge in [0.05, 0.1) is 19.1 Å². The van der Waals surface area contributed by atoms with Crippen LogP contribution in [-0.2, 0) is 17.8 Å². The predicted molar refractivity (Wildman–Crippen MR) is 113 cm³/mol. The quantitative estimate of drug-likeness (QED) is 0.542. The lowest BCUT2D eigenvalue weighted by molar-refractivity contribution is -0.136. The number of aliphatic hydroxyl groups excluding tert-OH is 1. The molecule has 5 heteroatoms. The minimum Gasteiger partial charge on any atom is -0.489 e. The van der Waals surface area contributed by atoms with E-state index in [9.17, 15) is 9.90 Å². The molecule has 0 radical (unpaired) electrons. The maximum absolute atomic E-state index is 11.1. The first kappa shape index (κ1) is 20.6.